The van der Waals surface area contributed by atoms with Gasteiger partial charge in [0.2, 0.25) is 0 Å². The van der Waals surface area contributed by atoms with Gasteiger partial charge in [0.15, 0.2) is 0 Å². The second-order valence-electron chi connectivity index (χ2n) is 7.10. The van der Waals surface area contributed by atoms with Crippen molar-refractivity contribution >= 4 is 0 Å². The highest BCUT2D eigenvalue weighted by molar-refractivity contribution is 5.22. The van der Waals surface area contributed by atoms with Crippen molar-refractivity contribution in [3.63, 3.8) is 0 Å². The van der Waals surface area contributed by atoms with Gasteiger partial charge in [0, 0.05) is 6.04 Å². The van der Waals surface area contributed by atoms with Crippen LogP contribution in [0.4, 0.5) is 0 Å². The fourth-order valence-electron chi connectivity index (χ4n) is 4.30. The summed E-state index contributed by atoms with van der Waals surface area (Å²) in [6.45, 7) is 3.66. The van der Waals surface area contributed by atoms with Gasteiger partial charge in [-0.15, -0.1) is 0 Å². The first-order chi connectivity index (χ1) is 9.83. The predicted molar refractivity (Wildman–Crippen MR) is 85.9 cm³/mol. The van der Waals surface area contributed by atoms with Crippen LogP contribution in [0.15, 0.2) is 30.3 Å². The summed E-state index contributed by atoms with van der Waals surface area (Å²) in [7, 11) is 0. The van der Waals surface area contributed by atoms with Crippen LogP contribution in [0.5, 0.6) is 0 Å². The zero-order valence-electron chi connectivity index (χ0n) is 12.9. The van der Waals surface area contributed by atoms with Gasteiger partial charge in [-0.25, -0.2) is 0 Å². The number of nitrogens with one attached hydrogen (secondary N) is 1. The molecule has 4 atom stereocenters. The molecule has 2 aliphatic carbocycles. The van der Waals surface area contributed by atoms with Crippen molar-refractivity contribution in [2.45, 2.75) is 63.8 Å². The Hall–Kier alpha value is -0.820. The topological polar surface area (TPSA) is 12.0 Å². The molecule has 1 aromatic rings. The van der Waals surface area contributed by atoms with E-state index in [0.717, 1.165) is 17.8 Å². The van der Waals surface area contributed by atoms with Crippen molar-refractivity contribution in [3.8, 4) is 0 Å². The maximum absolute atomic E-state index is 3.93. The molecule has 1 heteroatoms. The third-order valence-electron chi connectivity index (χ3n) is 5.47. The Morgan fingerprint density at radius 3 is 2.55 bits per heavy atom. The molecule has 2 fully saturated rings. The van der Waals surface area contributed by atoms with Crippen LogP contribution in [0.1, 0.15) is 63.4 Å². The van der Waals surface area contributed by atoms with Gasteiger partial charge in [0.25, 0.3) is 0 Å². The molecule has 0 amide bonds. The third kappa shape index (κ3) is 3.44. The van der Waals surface area contributed by atoms with Gasteiger partial charge in [0.1, 0.15) is 0 Å². The fraction of sp³-hybridized carbons (Fsp3) is 0.684. The zero-order valence-corrected chi connectivity index (χ0v) is 12.9. The molecule has 4 unspecified atom stereocenters. The van der Waals surface area contributed by atoms with Gasteiger partial charge in [-0.2, -0.15) is 0 Å². The Labute approximate surface area is 124 Å². The van der Waals surface area contributed by atoms with E-state index in [2.05, 4.69) is 42.6 Å². The third-order valence-corrected chi connectivity index (χ3v) is 5.47. The van der Waals surface area contributed by atoms with Crippen molar-refractivity contribution in [1.29, 1.82) is 0 Å². The molecule has 0 aromatic heterocycles. The average Bonchev–Trinajstić information content (AvgIpc) is 2.92. The normalized spacial score (nSPS) is 34.2. The van der Waals surface area contributed by atoms with Crippen molar-refractivity contribution in [3.05, 3.63) is 35.9 Å². The lowest BCUT2D eigenvalue weighted by Gasteiger charge is -2.33. The number of hydrogen-bond donors (Lipinski definition) is 1. The number of benzene rings is 1. The molecule has 0 saturated heterocycles. The van der Waals surface area contributed by atoms with Crippen LogP contribution in [0, 0.1) is 11.8 Å². The fourth-order valence-corrected chi connectivity index (χ4v) is 4.30. The van der Waals surface area contributed by atoms with Crippen LogP contribution in [0.2, 0.25) is 0 Å². The molecule has 0 aliphatic heterocycles. The SMILES string of the molecule is CC1CCC(CNC2CCCCC2c2ccccc2)C1. The van der Waals surface area contributed by atoms with E-state index in [1.165, 1.54) is 51.5 Å². The van der Waals surface area contributed by atoms with Crippen LogP contribution >= 0.6 is 0 Å². The molecule has 1 nitrogen and oxygen atoms in total. The predicted octanol–water partition coefficient (Wildman–Crippen LogP) is 4.74. The maximum atomic E-state index is 3.93. The van der Waals surface area contributed by atoms with Crippen molar-refractivity contribution < 1.29 is 0 Å². The highest BCUT2D eigenvalue weighted by atomic mass is 14.9. The van der Waals surface area contributed by atoms with E-state index in [1.807, 2.05) is 0 Å². The van der Waals surface area contributed by atoms with Gasteiger partial charge in [-0.1, -0.05) is 56.5 Å². The van der Waals surface area contributed by atoms with Crippen LogP contribution in [-0.2, 0) is 0 Å². The lowest BCUT2D eigenvalue weighted by atomic mass is 9.80. The number of rotatable bonds is 4. The molecule has 2 aliphatic rings. The molecule has 1 N–H and O–H groups in total. The van der Waals surface area contributed by atoms with Crippen molar-refractivity contribution in [2.75, 3.05) is 6.54 Å². The molecular formula is C19H29N. The van der Waals surface area contributed by atoms with Crippen molar-refractivity contribution in [1.82, 2.24) is 5.32 Å². The Balaban J connectivity index is 1.58. The van der Waals surface area contributed by atoms with E-state index in [0.29, 0.717) is 6.04 Å². The largest absolute Gasteiger partial charge is 0.313 e. The van der Waals surface area contributed by atoms with E-state index < -0.39 is 0 Å². The summed E-state index contributed by atoms with van der Waals surface area (Å²) in [5.41, 5.74) is 1.55. The molecule has 110 valence electrons. The summed E-state index contributed by atoms with van der Waals surface area (Å²) >= 11 is 0. The molecular weight excluding hydrogens is 242 g/mol. The van der Waals surface area contributed by atoms with Gasteiger partial charge < -0.3 is 5.32 Å². The van der Waals surface area contributed by atoms with E-state index in [-0.39, 0.29) is 0 Å². The Morgan fingerprint density at radius 1 is 1.00 bits per heavy atom. The minimum absolute atomic E-state index is 0.710. The molecule has 2 saturated carbocycles. The lowest BCUT2D eigenvalue weighted by Crippen LogP contribution is -2.39. The van der Waals surface area contributed by atoms with E-state index in [9.17, 15) is 0 Å². The zero-order chi connectivity index (χ0) is 13.8. The van der Waals surface area contributed by atoms with Crippen LogP contribution in [0.25, 0.3) is 0 Å². The maximum Gasteiger partial charge on any atom is 0.0136 e. The molecule has 20 heavy (non-hydrogen) atoms. The summed E-state index contributed by atoms with van der Waals surface area (Å²) in [6.07, 6.45) is 9.86. The minimum atomic E-state index is 0.710. The van der Waals surface area contributed by atoms with Crippen LogP contribution in [0.3, 0.4) is 0 Å². The summed E-state index contributed by atoms with van der Waals surface area (Å²) in [4.78, 5) is 0. The van der Waals surface area contributed by atoms with E-state index >= 15 is 0 Å². The van der Waals surface area contributed by atoms with Gasteiger partial charge in [-0.05, 0) is 55.5 Å². The second kappa shape index (κ2) is 6.76. The first-order valence-electron chi connectivity index (χ1n) is 8.61. The summed E-state index contributed by atoms with van der Waals surface area (Å²) in [6, 6.07) is 11.9. The average molecular weight is 271 g/mol. The quantitative estimate of drug-likeness (QED) is 0.834. The molecule has 0 bridgehead atoms. The summed E-state index contributed by atoms with van der Waals surface area (Å²) < 4.78 is 0. The highest BCUT2D eigenvalue weighted by Gasteiger charge is 2.28. The Bertz CT molecular complexity index is 399. The van der Waals surface area contributed by atoms with Gasteiger partial charge in [0.05, 0.1) is 0 Å². The highest BCUT2D eigenvalue weighted by Crippen LogP contribution is 2.34. The smallest absolute Gasteiger partial charge is 0.0136 e. The molecule has 1 aromatic carbocycles. The second-order valence-corrected chi connectivity index (χ2v) is 7.10. The summed E-state index contributed by atoms with van der Waals surface area (Å²) in [5.74, 6) is 2.63. The Morgan fingerprint density at radius 2 is 1.80 bits per heavy atom. The van der Waals surface area contributed by atoms with E-state index in [1.54, 1.807) is 5.56 Å². The minimum Gasteiger partial charge on any atom is -0.313 e. The first-order valence-corrected chi connectivity index (χ1v) is 8.61. The van der Waals surface area contributed by atoms with Crippen LogP contribution < -0.4 is 5.32 Å². The van der Waals surface area contributed by atoms with Crippen molar-refractivity contribution in [2.24, 2.45) is 11.8 Å². The standard InChI is InChI=1S/C19H29N/c1-15-11-12-16(13-15)14-20-19-10-6-5-9-18(19)17-7-3-2-4-8-17/h2-4,7-8,15-16,18-20H,5-6,9-14H2,1H3. The lowest BCUT2D eigenvalue weighted by molar-refractivity contribution is 0.308. The molecule has 0 heterocycles. The molecule has 3 rings (SSSR count). The summed E-state index contributed by atoms with van der Waals surface area (Å²) in [5, 5.41) is 3.93. The van der Waals surface area contributed by atoms with Gasteiger partial charge >= 0.3 is 0 Å². The molecule has 0 radical (unpaired) electrons. The number of hydrogen-bond acceptors (Lipinski definition) is 1. The van der Waals surface area contributed by atoms with Crippen LogP contribution in [-0.4, -0.2) is 12.6 Å². The Kier molecular flexibility index (Phi) is 4.77. The van der Waals surface area contributed by atoms with Gasteiger partial charge in [-0.3, -0.25) is 0 Å². The monoisotopic (exact) mass is 271 g/mol. The molecule has 0 spiro atoms. The first kappa shape index (κ1) is 14.1. The van der Waals surface area contributed by atoms with E-state index in [4.69, 9.17) is 0 Å².